The fourth-order valence-corrected chi connectivity index (χ4v) is 6.26. The van der Waals surface area contributed by atoms with Crippen LogP contribution in [0.4, 0.5) is 0 Å². The highest BCUT2D eigenvalue weighted by atomic mass is 79.9. The first-order valence-corrected chi connectivity index (χ1v) is 13.7. The summed E-state index contributed by atoms with van der Waals surface area (Å²) in [5.41, 5.74) is 13.7. The van der Waals surface area contributed by atoms with Crippen LogP contribution in [0, 0.1) is 27.7 Å². The molecule has 0 saturated carbocycles. The van der Waals surface area contributed by atoms with Gasteiger partial charge in [0.05, 0.1) is 16.1 Å². The van der Waals surface area contributed by atoms with Crippen LogP contribution in [0.5, 0.6) is 0 Å². The number of hydrogen-bond acceptors (Lipinski definition) is 0. The normalized spacial score (nSPS) is 11.5. The summed E-state index contributed by atoms with van der Waals surface area (Å²) >= 11 is 9.99. The summed E-state index contributed by atoms with van der Waals surface area (Å²) in [6, 6.07) is 32.9. The molecule has 0 aliphatic carbocycles. The molecule has 5 aromatic carbocycles. The molecular weight excluding hydrogens is 538 g/mol. The van der Waals surface area contributed by atoms with Crippen molar-refractivity contribution in [3.8, 4) is 27.9 Å². The third-order valence-corrected chi connectivity index (χ3v) is 8.68. The van der Waals surface area contributed by atoms with Gasteiger partial charge in [-0.2, -0.15) is 0 Å². The van der Waals surface area contributed by atoms with Gasteiger partial charge in [0.2, 0.25) is 0 Å². The Bertz CT molecular complexity index is 1690. The van der Waals surface area contributed by atoms with Crippen LogP contribution in [0.15, 0.2) is 95.5 Å². The number of aromatic nitrogens is 1. The van der Waals surface area contributed by atoms with Crippen molar-refractivity contribution >= 4 is 49.3 Å². The van der Waals surface area contributed by atoms with Crippen LogP contribution >= 0.6 is 27.5 Å². The Hall–Kier alpha value is -3.33. The summed E-state index contributed by atoms with van der Waals surface area (Å²) in [6.45, 7) is 8.78. The molecule has 6 rings (SSSR count). The standard InChI is InChI=1S/C34H27BrClN/c1-20-7-5-8-21(2)33(20)24-11-15-31-27(17-24)28-18-25(34-22(3)9-6-10-23(34)4)12-16-32(28)37(31)26-13-14-30(36)29(35)19-26/h5-19H,1-4H3. The molecule has 3 heteroatoms. The lowest BCUT2D eigenvalue weighted by Gasteiger charge is -2.12. The minimum Gasteiger partial charge on any atom is -0.309 e. The van der Waals surface area contributed by atoms with E-state index < -0.39 is 0 Å². The van der Waals surface area contributed by atoms with Crippen molar-refractivity contribution in [3.63, 3.8) is 0 Å². The Morgan fingerprint density at radius 1 is 0.568 bits per heavy atom. The molecule has 0 unspecified atom stereocenters. The quantitative estimate of drug-likeness (QED) is 0.201. The summed E-state index contributed by atoms with van der Waals surface area (Å²) in [5.74, 6) is 0. The molecule has 1 aromatic heterocycles. The van der Waals surface area contributed by atoms with Gasteiger partial charge in [0, 0.05) is 20.9 Å². The summed E-state index contributed by atoms with van der Waals surface area (Å²) < 4.78 is 3.23. The second kappa shape index (κ2) is 9.20. The van der Waals surface area contributed by atoms with Crippen molar-refractivity contribution in [1.82, 2.24) is 4.57 Å². The zero-order valence-electron chi connectivity index (χ0n) is 21.4. The summed E-state index contributed by atoms with van der Waals surface area (Å²) in [6.07, 6.45) is 0. The third kappa shape index (κ3) is 4.00. The first-order valence-electron chi connectivity index (χ1n) is 12.5. The predicted molar refractivity (Wildman–Crippen MR) is 163 cm³/mol. The number of benzene rings is 5. The Balaban J connectivity index is 1.70. The van der Waals surface area contributed by atoms with Crippen molar-refractivity contribution in [3.05, 3.63) is 123 Å². The molecule has 0 N–H and O–H groups in total. The topological polar surface area (TPSA) is 4.93 Å². The van der Waals surface area contributed by atoms with E-state index in [1.807, 2.05) is 6.07 Å². The average Bonchev–Trinajstić information content (AvgIpc) is 3.19. The van der Waals surface area contributed by atoms with Gasteiger partial charge in [0.1, 0.15) is 0 Å². The van der Waals surface area contributed by atoms with E-state index in [4.69, 9.17) is 11.6 Å². The lowest BCUT2D eigenvalue weighted by Crippen LogP contribution is -1.94. The van der Waals surface area contributed by atoms with Gasteiger partial charge in [0.25, 0.3) is 0 Å². The van der Waals surface area contributed by atoms with Crippen molar-refractivity contribution in [2.75, 3.05) is 0 Å². The summed E-state index contributed by atoms with van der Waals surface area (Å²) in [7, 11) is 0. The number of rotatable bonds is 3. The lowest BCUT2D eigenvalue weighted by molar-refractivity contribution is 1.18. The average molecular weight is 565 g/mol. The molecular formula is C34H27BrClN. The van der Waals surface area contributed by atoms with Crippen molar-refractivity contribution < 1.29 is 0 Å². The van der Waals surface area contributed by atoms with E-state index in [-0.39, 0.29) is 0 Å². The van der Waals surface area contributed by atoms with Crippen LogP contribution in [0.2, 0.25) is 5.02 Å². The maximum Gasteiger partial charge on any atom is 0.0549 e. The number of nitrogens with zero attached hydrogens (tertiary/aromatic N) is 1. The number of aryl methyl sites for hydroxylation is 4. The van der Waals surface area contributed by atoms with Gasteiger partial charge in [-0.05, 0) is 131 Å². The van der Waals surface area contributed by atoms with E-state index in [1.165, 1.54) is 66.3 Å². The van der Waals surface area contributed by atoms with Crippen molar-refractivity contribution in [1.29, 1.82) is 0 Å². The fraction of sp³-hybridized carbons (Fsp3) is 0.118. The maximum atomic E-state index is 6.36. The molecule has 0 fully saturated rings. The van der Waals surface area contributed by atoms with Crippen LogP contribution in [0.1, 0.15) is 22.3 Å². The largest absolute Gasteiger partial charge is 0.309 e. The molecule has 0 bridgehead atoms. The Morgan fingerprint density at radius 3 is 1.46 bits per heavy atom. The van der Waals surface area contributed by atoms with Crippen LogP contribution in [0.25, 0.3) is 49.7 Å². The Morgan fingerprint density at radius 2 is 1.03 bits per heavy atom. The highest BCUT2D eigenvalue weighted by Crippen LogP contribution is 2.40. The molecule has 6 aromatic rings. The number of hydrogen-bond donors (Lipinski definition) is 0. The first-order chi connectivity index (χ1) is 17.8. The third-order valence-electron chi connectivity index (χ3n) is 7.47. The van der Waals surface area contributed by atoms with Crippen molar-refractivity contribution in [2.45, 2.75) is 27.7 Å². The molecule has 182 valence electrons. The Labute approximate surface area is 231 Å². The second-order valence-electron chi connectivity index (χ2n) is 9.93. The predicted octanol–water partition coefficient (Wildman–Crippen LogP) is 10.8. The van der Waals surface area contributed by atoms with Crippen LogP contribution < -0.4 is 0 Å². The minimum atomic E-state index is 0.708. The summed E-state index contributed by atoms with van der Waals surface area (Å²) in [5, 5.41) is 3.20. The highest BCUT2D eigenvalue weighted by Gasteiger charge is 2.17. The molecule has 0 atom stereocenters. The second-order valence-corrected chi connectivity index (χ2v) is 11.2. The van der Waals surface area contributed by atoms with Crippen LogP contribution in [-0.2, 0) is 0 Å². The molecule has 0 radical (unpaired) electrons. The van der Waals surface area contributed by atoms with Gasteiger partial charge >= 0.3 is 0 Å². The number of fused-ring (bicyclic) bond motifs is 3. The van der Waals surface area contributed by atoms with E-state index >= 15 is 0 Å². The lowest BCUT2D eigenvalue weighted by atomic mass is 9.93. The van der Waals surface area contributed by atoms with Gasteiger partial charge in [-0.15, -0.1) is 0 Å². The number of halogens is 2. The van der Waals surface area contributed by atoms with Gasteiger partial charge < -0.3 is 4.57 Å². The molecule has 0 aliphatic heterocycles. The zero-order chi connectivity index (χ0) is 25.8. The molecule has 0 aliphatic rings. The molecule has 1 heterocycles. The van der Waals surface area contributed by atoms with Gasteiger partial charge in [-0.25, -0.2) is 0 Å². The Kier molecular flexibility index (Phi) is 5.98. The molecule has 37 heavy (non-hydrogen) atoms. The smallest absolute Gasteiger partial charge is 0.0549 e. The van der Waals surface area contributed by atoms with Gasteiger partial charge in [-0.1, -0.05) is 60.1 Å². The fourth-order valence-electron chi connectivity index (χ4n) is 5.78. The zero-order valence-corrected chi connectivity index (χ0v) is 23.7. The van der Waals surface area contributed by atoms with E-state index in [0.29, 0.717) is 5.02 Å². The molecule has 0 saturated heterocycles. The van der Waals surface area contributed by atoms with E-state index in [2.05, 4.69) is 133 Å². The maximum absolute atomic E-state index is 6.36. The summed E-state index contributed by atoms with van der Waals surface area (Å²) in [4.78, 5) is 0. The minimum absolute atomic E-state index is 0.708. The molecule has 0 spiro atoms. The van der Waals surface area contributed by atoms with E-state index in [9.17, 15) is 0 Å². The van der Waals surface area contributed by atoms with Crippen LogP contribution in [0.3, 0.4) is 0 Å². The molecule has 1 nitrogen and oxygen atoms in total. The monoisotopic (exact) mass is 563 g/mol. The van der Waals surface area contributed by atoms with E-state index in [1.54, 1.807) is 0 Å². The SMILES string of the molecule is Cc1cccc(C)c1-c1ccc2c(c1)c1cc(-c3c(C)cccc3C)ccc1n2-c1ccc(Cl)c(Br)c1. The van der Waals surface area contributed by atoms with Crippen LogP contribution in [-0.4, -0.2) is 4.57 Å². The van der Waals surface area contributed by atoms with Gasteiger partial charge in [0.15, 0.2) is 0 Å². The first kappa shape index (κ1) is 24.0. The van der Waals surface area contributed by atoms with E-state index in [0.717, 1.165) is 10.2 Å². The van der Waals surface area contributed by atoms with Crippen molar-refractivity contribution in [2.24, 2.45) is 0 Å². The van der Waals surface area contributed by atoms with Gasteiger partial charge in [-0.3, -0.25) is 0 Å². The molecule has 0 amide bonds. The highest BCUT2D eigenvalue weighted by molar-refractivity contribution is 9.10.